The summed E-state index contributed by atoms with van der Waals surface area (Å²) >= 11 is 5.58. The minimum Gasteiger partial charge on any atom is -0.489 e. The fourth-order valence-corrected chi connectivity index (χ4v) is 1.72. The van der Waals surface area contributed by atoms with E-state index in [9.17, 15) is 0 Å². The Morgan fingerprint density at radius 3 is 2.82 bits per heavy atom. The van der Waals surface area contributed by atoms with E-state index < -0.39 is 0 Å². The van der Waals surface area contributed by atoms with Crippen LogP contribution in [0.15, 0.2) is 18.2 Å². The molecule has 0 bridgehead atoms. The van der Waals surface area contributed by atoms with Gasteiger partial charge in [-0.1, -0.05) is 31.3 Å². The van der Waals surface area contributed by atoms with Crippen molar-refractivity contribution >= 4 is 11.6 Å². The van der Waals surface area contributed by atoms with E-state index in [4.69, 9.17) is 16.3 Å². The van der Waals surface area contributed by atoms with Gasteiger partial charge in [0.25, 0.3) is 0 Å². The third-order valence-corrected chi connectivity index (χ3v) is 2.58. The topological polar surface area (TPSA) is 9.23 Å². The minimum absolute atomic E-state index is 0.222. The summed E-state index contributed by atoms with van der Waals surface area (Å²) in [4.78, 5) is 0. The van der Waals surface area contributed by atoms with Crippen molar-refractivity contribution in [2.45, 2.75) is 39.7 Å². The summed E-state index contributed by atoms with van der Waals surface area (Å²) < 4.78 is 5.89. The molecule has 92 valence electrons. The fraction of sp³-hybridized carbons (Fsp3) is 0.467. The van der Waals surface area contributed by atoms with Crippen molar-refractivity contribution in [3.63, 3.8) is 0 Å². The van der Waals surface area contributed by atoms with Crippen molar-refractivity contribution in [1.29, 1.82) is 0 Å². The molecule has 0 amide bonds. The SMILES string of the molecule is CCCC(C)Oc1ccc(C)cc1C#CCCl. The smallest absolute Gasteiger partial charge is 0.135 e. The zero-order chi connectivity index (χ0) is 12.7. The quantitative estimate of drug-likeness (QED) is 0.576. The molecule has 0 saturated heterocycles. The highest BCUT2D eigenvalue weighted by molar-refractivity contribution is 6.19. The number of rotatable bonds is 4. The van der Waals surface area contributed by atoms with E-state index in [1.807, 2.05) is 25.1 Å². The Labute approximate surface area is 109 Å². The maximum Gasteiger partial charge on any atom is 0.135 e. The van der Waals surface area contributed by atoms with Gasteiger partial charge in [0.1, 0.15) is 5.75 Å². The molecule has 1 unspecified atom stereocenters. The zero-order valence-corrected chi connectivity index (χ0v) is 11.5. The van der Waals surface area contributed by atoms with Crippen molar-refractivity contribution in [1.82, 2.24) is 0 Å². The summed E-state index contributed by atoms with van der Waals surface area (Å²) in [5.41, 5.74) is 2.10. The van der Waals surface area contributed by atoms with E-state index >= 15 is 0 Å². The Morgan fingerprint density at radius 2 is 2.18 bits per heavy atom. The molecule has 1 aromatic carbocycles. The second-order valence-corrected chi connectivity index (χ2v) is 4.42. The number of ether oxygens (including phenoxy) is 1. The van der Waals surface area contributed by atoms with Crippen LogP contribution in [0.3, 0.4) is 0 Å². The van der Waals surface area contributed by atoms with Crippen LogP contribution in [0.2, 0.25) is 0 Å². The molecular formula is C15H19ClO. The highest BCUT2D eigenvalue weighted by Crippen LogP contribution is 2.21. The monoisotopic (exact) mass is 250 g/mol. The van der Waals surface area contributed by atoms with Gasteiger partial charge in [0.05, 0.1) is 17.5 Å². The molecule has 0 spiro atoms. The van der Waals surface area contributed by atoms with Gasteiger partial charge in [0.15, 0.2) is 0 Å². The molecule has 0 saturated carbocycles. The van der Waals surface area contributed by atoms with Crippen LogP contribution >= 0.6 is 11.6 Å². The first-order chi connectivity index (χ1) is 8.17. The van der Waals surface area contributed by atoms with E-state index in [-0.39, 0.29) is 6.10 Å². The van der Waals surface area contributed by atoms with E-state index in [1.54, 1.807) is 0 Å². The van der Waals surface area contributed by atoms with Gasteiger partial charge in [-0.25, -0.2) is 0 Å². The van der Waals surface area contributed by atoms with Crippen LogP contribution in [0, 0.1) is 18.8 Å². The Bertz CT molecular complexity index is 415. The second-order valence-electron chi connectivity index (χ2n) is 4.15. The van der Waals surface area contributed by atoms with E-state index in [1.165, 1.54) is 5.56 Å². The number of hydrogen-bond acceptors (Lipinski definition) is 1. The molecule has 2 heteroatoms. The number of halogens is 1. The largest absolute Gasteiger partial charge is 0.489 e. The van der Waals surface area contributed by atoms with Gasteiger partial charge in [0, 0.05) is 0 Å². The Balaban J connectivity index is 2.89. The maximum atomic E-state index is 5.89. The molecule has 0 aliphatic heterocycles. The molecule has 0 radical (unpaired) electrons. The summed E-state index contributed by atoms with van der Waals surface area (Å²) in [6.07, 6.45) is 2.39. The lowest BCUT2D eigenvalue weighted by Crippen LogP contribution is -2.11. The van der Waals surface area contributed by atoms with E-state index in [0.717, 1.165) is 24.2 Å². The van der Waals surface area contributed by atoms with Gasteiger partial charge in [-0.05, 0) is 38.0 Å². The van der Waals surface area contributed by atoms with E-state index in [2.05, 4.69) is 25.7 Å². The van der Waals surface area contributed by atoms with Gasteiger partial charge < -0.3 is 4.74 Å². The average Bonchev–Trinajstić information content (AvgIpc) is 2.30. The molecule has 0 fully saturated rings. The summed E-state index contributed by atoms with van der Waals surface area (Å²) in [7, 11) is 0. The molecule has 0 aliphatic rings. The fourth-order valence-electron chi connectivity index (χ4n) is 1.66. The lowest BCUT2D eigenvalue weighted by Gasteiger charge is -2.15. The summed E-state index contributed by atoms with van der Waals surface area (Å²) in [5.74, 6) is 7.12. The highest BCUT2D eigenvalue weighted by atomic mass is 35.5. The number of aryl methyl sites for hydroxylation is 1. The van der Waals surface area contributed by atoms with Crippen molar-refractivity contribution in [2.24, 2.45) is 0 Å². The van der Waals surface area contributed by atoms with Crippen LogP contribution in [-0.4, -0.2) is 12.0 Å². The van der Waals surface area contributed by atoms with Crippen LogP contribution in [0.5, 0.6) is 5.75 Å². The number of hydrogen-bond donors (Lipinski definition) is 0. The van der Waals surface area contributed by atoms with Crippen LogP contribution < -0.4 is 4.74 Å². The second kappa shape index (κ2) is 7.25. The van der Waals surface area contributed by atoms with E-state index in [0.29, 0.717) is 5.88 Å². The van der Waals surface area contributed by atoms with Crippen LogP contribution in [0.4, 0.5) is 0 Å². The third kappa shape index (κ3) is 4.71. The predicted octanol–water partition coefficient (Wildman–Crippen LogP) is 4.15. The van der Waals surface area contributed by atoms with Crippen molar-refractivity contribution in [3.05, 3.63) is 29.3 Å². The molecule has 1 nitrogen and oxygen atoms in total. The van der Waals surface area contributed by atoms with Crippen LogP contribution in [0.25, 0.3) is 0 Å². The van der Waals surface area contributed by atoms with Gasteiger partial charge in [0.2, 0.25) is 0 Å². The molecule has 0 heterocycles. The molecule has 17 heavy (non-hydrogen) atoms. The maximum absolute atomic E-state index is 5.89. The number of alkyl halides is 1. The molecule has 1 atom stereocenters. The van der Waals surface area contributed by atoms with Gasteiger partial charge in [-0.15, -0.1) is 11.6 Å². The molecular weight excluding hydrogens is 232 g/mol. The molecule has 1 rings (SSSR count). The first-order valence-corrected chi connectivity index (χ1v) is 6.53. The van der Waals surface area contributed by atoms with Crippen molar-refractivity contribution in [3.8, 4) is 17.6 Å². The molecule has 1 aromatic rings. The summed E-state index contributed by atoms with van der Waals surface area (Å²) in [6.45, 7) is 6.29. The van der Waals surface area contributed by atoms with Gasteiger partial charge in [-0.2, -0.15) is 0 Å². The summed E-state index contributed by atoms with van der Waals surface area (Å²) in [6, 6.07) is 6.06. The lowest BCUT2D eigenvalue weighted by atomic mass is 10.1. The highest BCUT2D eigenvalue weighted by Gasteiger charge is 2.06. The predicted molar refractivity (Wildman–Crippen MR) is 73.8 cm³/mol. The van der Waals surface area contributed by atoms with Crippen molar-refractivity contribution < 1.29 is 4.74 Å². The minimum atomic E-state index is 0.222. The molecule has 0 aromatic heterocycles. The van der Waals surface area contributed by atoms with Crippen molar-refractivity contribution in [2.75, 3.05) is 5.88 Å². The van der Waals surface area contributed by atoms with Crippen LogP contribution in [-0.2, 0) is 0 Å². The third-order valence-electron chi connectivity index (χ3n) is 2.45. The standard InChI is InChI=1S/C15H19ClO/c1-4-6-13(3)17-15-9-8-12(2)11-14(15)7-5-10-16/h8-9,11,13H,4,6,10H2,1-3H3. The molecule has 0 aliphatic carbocycles. The van der Waals surface area contributed by atoms with Gasteiger partial charge in [-0.3, -0.25) is 0 Å². The molecule has 0 N–H and O–H groups in total. The Kier molecular flexibility index (Phi) is 5.94. The van der Waals surface area contributed by atoms with Gasteiger partial charge >= 0.3 is 0 Å². The lowest BCUT2D eigenvalue weighted by molar-refractivity contribution is 0.209. The Hall–Kier alpha value is -1.13. The normalized spacial score (nSPS) is 11.5. The first-order valence-electron chi connectivity index (χ1n) is 5.99. The van der Waals surface area contributed by atoms with Crippen LogP contribution in [0.1, 0.15) is 37.8 Å². The average molecular weight is 251 g/mol. The first kappa shape index (κ1) is 13.9. The number of benzene rings is 1. The summed E-state index contributed by atoms with van der Waals surface area (Å²) in [5, 5.41) is 0. The Morgan fingerprint density at radius 1 is 1.41 bits per heavy atom. The zero-order valence-electron chi connectivity index (χ0n) is 10.7.